The van der Waals surface area contributed by atoms with Gasteiger partial charge in [-0.15, -0.1) is 0 Å². The van der Waals surface area contributed by atoms with Crippen LogP contribution in [0.25, 0.3) is 11.0 Å². The summed E-state index contributed by atoms with van der Waals surface area (Å²) in [6, 6.07) is 8.33. The first-order valence-corrected chi connectivity index (χ1v) is 8.78. The molecule has 0 spiro atoms. The molecule has 3 rings (SSSR count). The number of aromatic nitrogens is 2. The van der Waals surface area contributed by atoms with Crippen LogP contribution in [0.2, 0.25) is 10.2 Å². The third-order valence-electron chi connectivity index (χ3n) is 3.74. The second-order valence-corrected chi connectivity index (χ2v) is 6.37. The normalized spacial score (nSPS) is 11.1. The Kier molecular flexibility index (Phi) is 6.21. The molecule has 0 radical (unpaired) electrons. The molecule has 0 aliphatic carbocycles. The molecule has 0 saturated heterocycles. The van der Waals surface area contributed by atoms with Crippen molar-refractivity contribution in [1.29, 1.82) is 0 Å². The molecule has 0 unspecified atom stereocenters. The third-order valence-corrected chi connectivity index (χ3v) is 4.24. The molecule has 1 aromatic carbocycles. The zero-order chi connectivity index (χ0) is 18.5. The summed E-state index contributed by atoms with van der Waals surface area (Å²) in [5, 5.41) is 3.41. The second kappa shape index (κ2) is 8.60. The molecule has 2 heterocycles. The highest BCUT2D eigenvalue weighted by molar-refractivity contribution is 6.31. The van der Waals surface area contributed by atoms with Gasteiger partial charge in [-0.2, -0.15) is 0 Å². The van der Waals surface area contributed by atoms with Gasteiger partial charge in [0, 0.05) is 18.4 Å². The number of benzene rings is 1. The van der Waals surface area contributed by atoms with E-state index in [1.807, 2.05) is 0 Å². The minimum Gasteiger partial charge on any atom is -0.377 e. The largest absolute Gasteiger partial charge is 0.377 e. The Bertz CT molecular complexity index is 923. The Morgan fingerprint density at radius 1 is 1.15 bits per heavy atom. The van der Waals surface area contributed by atoms with Gasteiger partial charge in [0.25, 0.3) is 0 Å². The number of nitrogens with zero attached hydrogens (tertiary/aromatic N) is 2. The summed E-state index contributed by atoms with van der Waals surface area (Å²) >= 11 is 11.9. The quantitative estimate of drug-likeness (QED) is 0.449. The number of halogens is 3. The first-order chi connectivity index (χ1) is 12.6. The molecule has 0 fully saturated rings. The van der Waals surface area contributed by atoms with Gasteiger partial charge >= 0.3 is 0 Å². The zero-order valence-electron chi connectivity index (χ0n) is 13.8. The fourth-order valence-corrected chi connectivity index (χ4v) is 2.76. The highest BCUT2D eigenvalue weighted by Crippen LogP contribution is 2.32. The van der Waals surface area contributed by atoms with Crippen molar-refractivity contribution in [1.82, 2.24) is 9.97 Å². The van der Waals surface area contributed by atoms with Gasteiger partial charge in [-0.3, -0.25) is 4.98 Å². The van der Waals surface area contributed by atoms with Crippen LogP contribution in [0, 0.1) is 5.82 Å². The Morgan fingerprint density at radius 2 is 2.00 bits per heavy atom. The lowest BCUT2D eigenvalue weighted by atomic mass is 10.1. The number of nitrogens with two attached hydrogens (primary N) is 1. The summed E-state index contributed by atoms with van der Waals surface area (Å²) in [7, 11) is 0. The van der Waals surface area contributed by atoms with E-state index >= 15 is 0 Å². The van der Waals surface area contributed by atoms with E-state index in [-0.39, 0.29) is 17.3 Å². The van der Waals surface area contributed by atoms with E-state index in [1.54, 1.807) is 30.5 Å². The van der Waals surface area contributed by atoms with E-state index in [2.05, 4.69) is 15.3 Å². The summed E-state index contributed by atoms with van der Waals surface area (Å²) in [5.74, 6) is -0.557. The molecule has 0 amide bonds. The van der Waals surface area contributed by atoms with Crippen molar-refractivity contribution in [3.8, 4) is 0 Å². The molecule has 0 bridgehead atoms. The number of anilines is 2. The predicted molar refractivity (Wildman–Crippen MR) is 103 cm³/mol. The van der Waals surface area contributed by atoms with Crippen molar-refractivity contribution >= 4 is 45.6 Å². The van der Waals surface area contributed by atoms with Crippen LogP contribution in [0.5, 0.6) is 0 Å². The number of hydrogen-bond acceptors (Lipinski definition) is 5. The Balaban J connectivity index is 1.96. The summed E-state index contributed by atoms with van der Waals surface area (Å²) in [6.45, 7) is 1.26. The molecule has 26 heavy (non-hydrogen) atoms. The smallest absolute Gasteiger partial charge is 0.165 e. The van der Waals surface area contributed by atoms with Gasteiger partial charge in [0.15, 0.2) is 5.82 Å². The highest BCUT2D eigenvalue weighted by atomic mass is 35.5. The van der Waals surface area contributed by atoms with Gasteiger partial charge in [-0.1, -0.05) is 29.3 Å². The van der Waals surface area contributed by atoms with E-state index in [0.717, 1.165) is 6.42 Å². The van der Waals surface area contributed by atoms with Crippen LogP contribution in [-0.2, 0) is 11.3 Å². The van der Waals surface area contributed by atoms with Crippen LogP contribution in [0.1, 0.15) is 12.0 Å². The topological polar surface area (TPSA) is 73.1 Å². The Labute approximate surface area is 160 Å². The van der Waals surface area contributed by atoms with Crippen molar-refractivity contribution in [2.75, 3.05) is 18.5 Å². The van der Waals surface area contributed by atoms with Crippen molar-refractivity contribution in [2.24, 2.45) is 5.73 Å². The maximum atomic E-state index is 14.7. The van der Waals surface area contributed by atoms with E-state index in [1.165, 1.54) is 6.07 Å². The second-order valence-electron chi connectivity index (χ2n) is 5.58. The summed E-state index contributed by atoms with van der Waals surface area (Å²) in [6.07, 6.45) is 2.34. The summed E-state index contributed by atoms with van der Waals surface area (Å²) in [5.41, 5.74) is 8.08. The lowest BCUT2D eigenvalue weighted by Crippen LogP contribution is -2.06. The fourth-order valence-electron chi connectivity index (χ4n) is 2.45. The molecule has 3 N–H and O–H groups in total. The number of nitrogens with one attached hydrogen (secondary N) is 1. The van der Waals surface area contributed by atoms with Gasteiger partial charge < -0.3 is 15.8 Å². The summed E-state index contributed by atoms with van der Waals surface area (Å²) < 4.78 is 20.2. The highest BCUT2D eigenvalue weighted by Gasteiger charge is 2.15. The van der Waals surface area contributed by atoms with Gasteiger partial charge in [0.05, 0.1) is 28.5 Å². The lowest BCUT2D eigenvalue weighted by Gasteiger charge is -2.15. The lowest BCUT2D eigenvalue weighted by molar-refractivity contribution is 0.120. The van der Waals surface area contributed by atoms with Gasteiger partial charge in [-0.05, 0) is 37.2 Å². The summed E-state index contributed by atoms with van der Waals surface area (Å²) in [4.78, 5) is 8.52. The van der Waals surface area contributed by atoms with Crippen LogP contribution in [-0.4, -0.2) is 23.1 Å². The molecule has 0 saturated carbocycles. The standard InChI is InChI=1S/C18H17Cl2FN4O/c19-12-3-2-11(10-26-9-1-7-22)17(16(12)21)24-14-6-8-23-13-4-5-15(20)25-18(13)14/h2-6,8H,1,7,9-10,22H2,(H,23,24). The number of pyridine rings is 2. The van der Waals surface area contributed by atoms with E-state index in [9.17, 15) is 4.39 Å². The molecule has 2 aromatic heterocycles. The Morgan fingerprint density at radius 3 is 2.81 bits per heavy atom. The van der Waals surface area contributed by atoms with Crippen molar-refractivity contribution < 1.29 is 9.13 Å². The molecule has 0 aliphatic heterocycles. The number of rotatable bonds is 7. The van der Waals surface area contributed by atoms with Gasteiger partial charge in [0.1, 0.15) is 10.7 Å². The third kappa shape index (κ3) is 4.22. The average Bonchev–Trinajstić information content (AvgIpc) is 2.64. The fraction of sp³-hybridized carbons (Fsp3) is 0.222. The molecular weight excluding hydrogens is 378 g/mol. The minimum absolute atomic E-state index is 0.0163. The molecule has 0 aliphatic rings. The van der Waals surface area contributed by atoms with E-state index < -0.39 is 5.82 Å². The average molecular weight is 395 g/mol. The number of hydrogen-bond donors (Lipinski definition) is 2. The van der Waals surface area contributed by atoms with E-state index in [0.29, 0.717) is 40.6 Å². The number of ether oxygens (including phenoxy) is 1. The van der Waals surface area contributed by atoms with Crippen LogP contribution in [0.15, 0.2) is 36.5 Å². The number of fused-ring (bicyclic) bond motifs is 1. The molecule has 5 nitrogen and oxygen atoms in total. The molecular formula is C18H17Cl2FN4O. The predicted octanol–water partition coefficient (Wildman–Crippen LogP) is 4.68. The Hall–Kier alpha value is -1.99. The zero-order valence-corrected chi connectivity index (χ0v) is 15.3. The van der Waals surface area contributed by atoms with Crippen molar-refractivity contribution in [3.63, 3.8) is 0 Å². The molecule has 3 aromatic rings. The van der Waals surface area contributed by atoms with Crippen LogP contribution >= 0.6 is 23.2 Å². The first kappa shape index (κ1) is 18.8. The molecule has 136 valence electrons. The van der Waals surface area contributed by atoms with Crippen LogP contribution in [0.3, 0.4) is 0 Å². The molecule has 0 atom stereocenters. The van der Waals surface area contributed by atoms with Crippen molar-refractivity contribution in [2.45, 2.75) is 13.0 Å². The van der Waals surface area contributed by atoms with Crippen LogP contribution < -0.4 is 11.1 Å². The molecule has 8 heteroatoms. The maximum Gasteiger partial charge on any atom is 0.165 e. The van der Waals surface area contributed by atoms with Crippen LogP contribution in [0.4, 0.5) is 15.8 Å². The first-order valence-electron chi connectivity index (χ1n) is 8.03. The van der Waals surface area contributed by atoms with Gasteiger partial charge in [-0.25, -0.2) is 9.37 Å². The van der Waals surface area contributed by atoms with Crippen molar-refractivity contribution in [3.05, 3.63) is 58.1 Å². The maximum absolute atomic E-state index is 14.7. The van der Waals surface area contributed by atoms with Gasteiger partial charge in [0.2, 0.25) is 0 Å². The minimum atomic E-state index is -0.557. The van der Waals surface area contributed by atoms with E-state index in [4.69, 9.17) is 33.7 Å². The SMILES string of the molecule is NCCCOCc1ccc(Cl)c(F)c1Nc1ccnc2ccc(Cl)nc12. The monoisotopic (exact) mass is 394 g/mol.